The van der Waals surface area contributed by atoms with Gasteiger partial charge in [0.1, 0.15) is 0 Å². The number of aryl methyl sites for hydroxylation is 1. The van der Waals surface area contributed by atoms with Gasteiger partial charge < -0.3 is 4.90 Å². The van der Waals surface area contributed by atoms with Crippen molar-refractivity contribution in [1.82, 2.24) is 19.5 Å². The monoisotopic (exact) mass is 341 g/mol. The molecule has 6 heteroatoms. The van der Waals surface area contributed by atoms with Crippen LogP contribution in [-0.4, -0.2) is 32.6 Å². The molecular weight excluding hydrogens is 314 g/mol. The Labute approximate surface area is 149 Å². The van der Waals surface area contributed by atoms with Crippen LogP contribution in [0.25, 0.3) is 0 Å². The second kappa shape index (κ2) is 6.94. The Morgan fingerprint density at radius 3 is 2.32 bits per heavy atom. The molecule has 1 fully saturated rings. The van der Waals surface area contributed by atoms with Gasteiger partial charge in [0.25, 0.3) is 5.56 Å². The van der Waals surface area contributed by atoms with Gasteiger partial charge in [-0.1, -0.05) is 20.8 Å². The quantitative estimate of drug-likeness (QED) is 0.858. The fraction of sp³-hybridized carbons (Fsp3) is 0.579. The number of hydrogen-bond acceptors (Lipinski definition) is 5. The average Bonchev–Trinajstić information content (AvgIpc) is 2.57. The molecule has 0 spiro atoms. The zero-order chi connectivity index (χ0) is 18.0. The minimum absolute atomic E-state index is 0.0456. The van der Waals surface area contributed by atoms with Gasteiger partial charge in [0.15, 0.2) is 0 Å². The molecule has 3 heterocycles. The maximum Gasteiger partial charge on any atom is 0.253 e. The molecule has 6 nitrogen and oxygen atoms in total. The number of piperidine rings is 1. The van der Waals surface area contributed by atoms with Crippen LogP contribution >= 0.6 is 0 Å². The van der Waals surface area contributed by atoms with Crippen LogP contribution in [-0.2, 0) is 12.0 Å². The molecule has 0 aromatic carbocycles. The predicted octanol–water partition coefficient (Wildman–Crippen LogP) is 2.56. The second-order valence-electron chi connectivity index (χ2n) is 8.01. The van der Waals surface area contributed by atoms with Crippen LogP contribution in [0.15, 0.2) is 29.6 Å². The largest absolute Gasteiger partial charge is 0.341 e. The molecule has 134 valence electrons. The van der Waals surface area contributed by atoms with Crippen molar-refractivity contribution in [1.29, 1.82) is 0 Å². The standard InChI is InChI=1S/C19H27N5O/c1-14-10-20-18(21-11-14)23-7-5-15(6-8-23)12-24-13-22-16(9-17(24)25)19(2,3)4/h9-11,13,15H,5-8,12H2,1-4H3. The molecular formula is C19H27N5O. The summed E-state index contributed by atoms with van der Waals surface area (Å²) in [7, 11) is 0. The topological polar surface area (TPSA) is 63.9 Å². The van der Waals surface area contributed by atoms with E-state index in [0.717, 1.165) is 49.7 Å². The first kappa shape index (κ1) is 17.6. The molecule has 0 amide bonds. The van der Waals surface area contributed by atoms with E-state index in [4.69, 9.17) is 0 Å². The third kappa shape index (κ3) is 4.24. The van der Waals surface area contributed by atoms with Crippen LogP contribution < -0.4 is 10.5 Å². The van der Waals surface area contributed by atoms with E-state index in [1.807, 2.05) is 19.3 Å². The van der Waals surface area contributed by atoms with E-state index in [2.05, 4.69) is 40.6 Å². The Morgan fingerprint density at radius 2 is 1.76 bits per heavy atom. The van der Waals surface area contributed by atoms with Crippen molar-refractivity contribution >= 4 is 5.95 Å². The summed E-state index contributed by atoms with van der Waals surface area (Å²) in [4.78, 5) is 27.9. The van der Waals surface area contributed by atoms with Crippen LogP contribution in [0.5, 0.6) is 0 Å². The molecule has 2 aromatic rings. The van der Waals surface area contributed by atoms with E-state index in [-0.39, 0.29) is 11.0 Å². The Morgan fingerprint density at radius 1 is 1.12 bits per heavy atom. The smallest absolute Gasteiger partial charge is 0.253 e. The summed E-state index contributed by atoms with van der Waals surface area (Å²) in [5.41, 5.74) is 1.87. The highest BCUT2D eigenvalue weighted by atomic mass is 16.1. The molecule has 0 aliphatic carbocycles. The summed E-state index contributed by atoms with van der Waals surface area (Å²) in [6.45, 7) is 10.8. The minimum Gasteiger partial charge on any atom is -0.341 e. The highest BCUT2D eigenvalue weighted by Gasteiger charge is 2.22. The van der Waals surface area contributed by atoms with Gasteiger partial charge in [0, 0.05) is 43.5 Å². The van der Waals surface area contributed by atoms with E-state index in [1.54, 1.807) is 17.0 Å². The van der Waals surface area contributed by atoms with Gasteiger partial charge in [0.2, 0.25) is 5.95 Å². The van der Waals surface area contributed by atoms with Crippen molar-refractivity contribution in [2.45, 2.75) is 52.5 Å². The SMILES string of the molecule is Cc1cnc(N2CCC(Cn3cnc(C(C)(C)C)cc3=O)CC2)nc1. The lowest BCUT2D eigenvalue weighted by molar-refractivity contribution is 0.348. The lowest BCUT2D eigenvalue weighted by atomic mass is 9.92. The van der Waals surface area contributed by atoms with Crippen molar-refractivity contribution in [2.24, 2.45) is 5.92 Å². The van der Waals surface area contributed by atoms with Gasteiger partial charge in [-0.15, -0.1) is 0 Å². The normalized spacial score (nSPS) is 16.2. The number of nitrogens with zero attached hydrogens (tertiary/aromatic N) is 5. The summed E-state index contributed by atoms with van der Waals surface area (Å²) in [5, 5.41) is 0. The van der Waals surface area contributed by atoms with E-state index >= 15 is 0 Å². The van der Waals surface area contributed by atoms with Gasteiger partial charge in [-0.2, -0.15) is 0 Å². The molecule has 1 saturated heterocycles. The molecule has 0 radical (unpaired) electrons. The highest BCUT2D eigenvalue weighted by molar-refractivity contribution is 5.30. The number of rotatable bonds is 3. The molecule has 1 aliphatic heterocycles. The summed E-state index contributed by atoms with van der Waals surface area (Å²) in [6, 6.07) is 1.68. The Hall–Kier alpha value is -2.24. The van der Waals surface area contributed by atoms with Gasteiger partial charge in [0.05, 0.1) is 12.0 Å². The lowest BCUT2D eigenvalue weighted by Gasteiger charge is -2.32. The molecule has 2 aromatic heterocycles. The van der Waals surface area contributed by atoms with Gasteiger partial charge in [-0.05, 0) is 31.2 Å². The molecule has 0 atom stereocenters. The van der Waals surface area contributed by atoms with E-state index < -0.39 is 0 Å². The second-order valence-corrected chi connectivity index (χ2v) is 8.01. The first-order chi connectivity index (χ1) is 11.8. The van der Waals surface area contributed by atoms with Crippen LogP contribution in [0.3, 0.4) is 0 Å². The van der Waals surface area contributed by atoms with Gasteiger partial charge >= 0.3 is 0 Å². The summed E-state index contributed by atoms with van der Waals surface area (Å²) in [5.74, 6) is 1.29. The van der Waals surface area contributed by atoms with E-state index in [9.17, 15) is 4.79 Å². The van der Waals surface area contributed by atoms with Crippen molar-refractivity contribution in [2.75, 3.05) is 18.0 Å². The number of anilines is 1. The van der Waals surface area contributed by atoms with Crippen molar-refractivity contribution in [3.8, 4) is 0 Å². The third-order valence-corrected chi connectivity index (χ3v) is 4.77. The fourth-order valence-electron chi connectivity index (χ4n) is 3.12. The lowest BCUT2D eigenvalue weighted by Crippen LogP contribution is -2.37. The zero-order valence-corrected chi connectivity index (χ0v) is 15.6. The van der Waals surface area contributed by atoms with Crippen LogP contribution in [0, 0.1) is 12.8 Å². The van der Waals surface area contributed by atoms with Gasteiger partial charge in [-0.25, -0.2) is 15.0 Å². The van der Waals surface area contributed by atoms with E-state index in [0.29, 0.717) is 5.92 Å². The Bertz CT molecular complexity index is 768. The Balaban J connectivity index is 1.61. The van der Waals surface area contributed by atoms with Crippen molar-refractivity contribution in [3.63, 3.8) is 0 Å². The van der Waals surface area contributed by atoms with Crippen LogP contribution in [0.2, 0.25) is 0 Å². The van der Waals surface area contributed by atoms with E-state index in [1.165, 1.54) is 0 Å². The molecule has 0 saturated carbocycles. The van der Waals surface area contributed by atoms with Crippen molar-refractivity contribution in [3.05, 3.63) is 46.4 Å². The van der Waals surface area contributed by atoms with Crippen LogP contribution in [0.4, 0.5) is 5.95 Å². The molecule has 25 heavy (non-hydrogen) atoms. The molecule has 0 bridgehead atoms. The third-order valence-electron chi connectivity index (χ3n) is 4.77. The zero-order valence-electron chi connectivity index (χ0n) is 15.6. The number of hydrogen-bond donors (Lipinski definition) is 0. The molecule has 0 unspecified atom stereocenters. The highest BCUT2D eigenvalue weighted by Crippen LogP contribution is 2.22. The first-order valence-corrected chi connectivity index (χ1v) is 8.93. The molecule has 0 N–H and O–H groups in total. The molecule has 3 rings (SSSR count). The summed E-state index contributed by atoms with van der Waals surface area (Å²) >= 11 is 0. The summed E-state index contributed by atoms with van der Waals surface area (Å²) < 4.78 is 1.75. The minimum atomic E-state index is -0.0996. The van der Waals surface area contributed by atoms with Crippen LogP contribution in [0.1, 0.15) is 44.9 Å². The first-order valence-electron chi connectivity index (χ1n) is 8.93. The summed E-state index contributed by atoms with van der Waals surface area (Å²) in [6.07, 6.45) is 7.49. The van der Waals surface area contributed by atoms with Gasteiger partial charge in [-0.3, -0.25) is 9.36 Å². The maximum atomic E-state index is 12.4. The predicted molar refractivity (Wildman–Crippen MR) is 98.9 cm³/mol. The molecule has 1 aliphatic rings. The van der Waals surface area contributed by atoms with Crippen molar-refractivity contribution < 1.29 is 0 Å². The maximum absolute atomic E-state index is 12.4. The fourth-order valence-corrected chi connectivity index (χ4v) is 3.12. The average molecular weight is 341 g/mol. The Kier molecular flexibility index (Phi) is 4.88. The number of aromatic nitrogens is 4.